The molecule has 360 valence electrons. The van der Waals surface area contributed by atoms with Gasteiger partial charge in [-0.15, -0.1) is 0 Å². The number of allylic oxidation sites excluding steroid dienone is 4. The monoisotopic (exact) mass is 884 g/mol. The van der Waals surface area contributed by atoms with Gasteiger partial charge in [-0.3, -0.25) is 14.2 Å². The third-order valence-corrected chi connectivity index (χ3v) is 12.2. The molecule has 1 unspecified atom stereocenters. The summed E-state index contributed by atoms with van der Waals surface area (Å²) < 4.78 is 34.1. The fourth-order valence-electron chi connectivity index (χ4n) is 7.22. The summed E-state index contributed by atoms with van der Waals surface area (Å²) >= 11 is 0. The summed E-state index contributed by atoms with van der Waals surface area (Å²) in [5, 5.41) is 0. The quantitative estimate of drug-likeness (QED) is 0.0195. The predicted molar refractivity (Wildman–Crippen MR) is 254 cm³/mol. The molecule has 0 N–H and O–H groups in total. The van der Waals surface area contributed by atoms with Crippen molar-refractivity contribution >= 4 is 19.8 Å². The van der Waals surface area contributed by atoms with Crippen LogP contribution in [0.1, 0.15) is 239 Å². The van der Waals surface area contributed by atoms with Crippen molar-refractivity contribution in [1.29, 1.82) is 0 Å². The Balaban J connectivity index is 4.24. The number of ether oxygens (including phenoxy) is 2. The molecule has 0 fully saturated rings. The predicted octanol–water partition coefficient (Wildman–Crippen LogP) is 14.5. The third-order valence-electron chi connectivity index (χ3n) is 11.2. The van der Waals surface area contributed by atoms with Crippen LogP contribution in [0.2, 0.25) is 0 Å². The van der Waals surface area contributed by atoms with Gasteiger partial charge in [-0.2, -0.15) is 0 Å². The van der Waals surface area contributed by atoms with Crippen LogP contribution in [-0.4, -0.2) is 70.0 Å². The zero-order valence-corrected chi connectivity index (χ0v) is 41.5. The SMILES string of the molecule is CCCCC/C=C\C/C=C\CCCCCCCCCCCC(=O)O[C@H](COC(=O)CCCCCCCCCCCCCCCCCCCC)COP(=O)([O-])OCC[N+](C)(C)C. The molecule has 0 rings (SSSR count). The van der Waals surface area contributed by atoms with E-state index in [-0.39, 0.29) is 32.0 Å². The van der Waals surface area contributed by atoms with Crippen molar-refractivity contribution in [3.8, 4) is 0 Å². The number of likely N-dealkylation sites (N-methyl/N-ethyl adjacent to an activating group) is 1. The summed E-state index contributed by atoms with van der Waals surface area (Å²) in [6.07, 6.45) is 49.1. The number of rotatable bonds is 47. The lowest BCUT2D eigenvalue weighted by Gasteiger charge is -2.28. The highest BCUT2D eigenvalue weighted by atomic mass is 31.2. The van der Waals surface area contributed by atoms with E-state index in [1.54, 1.807) is 0 Å². The Hall–Kier alpha value is -1.51. The van der Waals surface area contributed by atoms with E-state index in [1.807, 2.05) is 21.1 Å². The minimum atomic E-state index is -4.63. The molecule has 0 radical (unpaired) electrons. The van der Waals surface area contributed by atoms with Crippen molar-refractivity contribution in [1.82, 2.24) is 0 Å². The van der Waals surface area contributed by atoms with Crippen molar-refractivity contribution in [3.05, 3.63) is 24.3 Å². The first-order valence-corrected chi connectivity index (χ1v) is 27.0. The van der Waals surface area contributed by atoms with E-state index in [1.165, 1.54) is 154 Å². The summed E-state index contributed by atoms with van der Waals surface area (Å²) in [5.41, 5.74) is 0. The van der Waals surface area contributed by atoms with E-state index in [0.29, 0.717) is 17.4 Å². The van der Waals surface area contributed by atoms with E-state index in [2.05, 4.69) is 38.2 Å². The van der Waals surface area contributed by atoms with Gasteiger partial charge in [-0.25, -0.2) is 0 Å². The number of carbonyl (C=O) groups excluding carboxylic acids is 2. The Morgan fingerprint density at radius 3 is 1.33 bits per heavy atom. The second kappa shape index (κ2) is 43.7. The van der Waals surface area contributed by atoms with Crippen LogP contribution in [0.4, 0.5) is 0 Å². The molecule has 0 heterocycles. The largest absolute Gasteiger partial charge is 0.756 e. The first-order valence-electron chi connectivity index (χ1n) is 25.5. The van der Waals surface area contributed by atoms with E-state index in [9.17, 15) is 19.0 Å². The number of phosphoric acid groups is 1. The fourth-order valence-corrected chi connectivity index (χ4v) is 7.94. The van der Waals surface area contributed by atoms with Gasteiger partial charge in [0.15, 0.2) is 6.10 Å². The van der Waals surface area contributed by atoms with Crippen molar-refractivity contribution < 1.29 is 42.1 Å². The van der Waals surface area contributed by atoms with Crippen molar-refractivity contribution in [2.75, 3.05) is 47.5 Å². The second-order valence-electron chi connectivity index (χ2n) is 18.5. The molecule has 0 aromatic rings. The van der Waals surface area contributed by atoms with Crippen LogP contribution in [0, 0.1) is 0 Å². The van der Waals surface area contributed by atoms with Gasteiger partial charge in [-0.1, -0.05) is 205 Å². The Morgan fingerprint density at radius 2 is 0.885 bits per heavy atom. The molecule has 2 atom stereocenters. The van der Waals surface area contributed by atoms with Gasteiger partial charge in [-0.05, 0) is 44.9 Å². The summed E-state index contributed by atoms with van der Waals surface area (Å²) in [5.74, 6) is -0.827. The minimum absolute atomic E-state index is 0.0295. The lowest BCUT2D eigenvalue weighted by molar-refractivity contribution is -0.870. The van der Waals surface area contributed by atoms with Gasteiger partial charge in [0.05, 0.1) is 27.7 Å². The maximum Gasteiger partial charge on any atom is 0.306 e. The summed E-state index contributed by atoms with van der Waals surface area (Å²) in [7, 11) is 1.17. The van der Waals surface area contributed by atoms with Crippen LogP contribution in [0.25, 0.3) is 0 Å². The zero-order valence-electron chi connectivity index (χ0n) is 40.6. The van der Waals surface area contributed by atoms with Gasteiger partial charge in [0, 0.05) is 12.8 Å². The van der Waals surface area contributed by atoms with Gasteiger partial charge < -0.3 is 27.9 Å². The van der Waals surface area contributed by atoms with Crippen LogP contribution in [0.3, 0.4) is 0 Å². The molecule has 0 aromatic heterocycles. The lowest BCUT2D eigenvalue weighted by atomic mass is 10.0. The van der Waals surface area contributed by atoms with Crippen LogP contribution in [-0.2, 0) is 32.7 Å². The minimum Gasteiger partial charge on any atom is -0.756 e. The van der Waals surface area contributed by atoms with E-state index >= 15 is 0 Å². The van der Waals surface area contributed by atoms with Gasteiger partial charge >= 0.3 is 11.9 Å². The smallest absolute Gasteiger partial charge is 0.306 e. The molecule has 9 nitrogen and oxygen atoms in total. The molecule has 0 aliphatic carbocycles. The average Bonchev–Trinajstić information content (AvgIpc) is 3.21. The summed E-state index contributed by atoms with van der Waals surface area (Å²) in [6.45, 7) is 4.24. The van der Waals surface area contributed by atoms with E-state index in [4.69, 9.17) is 18.5 Å². The maximum atomic E-state index is 12.7. The Bertz CT molecular complexity index is 1090. The highest BCUT2D eigenvalue weighted by Gasteiger charge is 2.21. The number of carbonyl (C=O) groups is 2. The van der Waals surface area contributed by atoms with Gasteiger partial charge in [0.1, 0.15) is 19.8 Å². The normalized spacial score (nSPS) is 13.6. The number of esters is 2. The second-order valence-corrected chi connectivity index (χ2v) is 20.0. The van der Waals surface area contributed by atoms with Crippen molar-refractivity contribution in [3.63, 3.8) is 0 Å². The van der Waals surface area contributed by atoms with Crippen LogP contribution < -0.4 is 4.89 Å². The van der Waals surface area contributed by atoms with Gasteiger partial charge in [0.25, 0.3) is 7.82 Å². The molecule has 0 spiro atoms. The standard InChI is InChI=1S/C51H98NO8P/c1-6-8-10-12-14-16-18-20-22-24-26-28-30-32-34-36-38-40-42-44-51(54)60-49(48-59-61(55,56)58-46-45-52(3,4)5)47-57-50(53)43-41-39-37-35-33-31-29-27-25-23-21-19-17-15-13-11-9-7-2/h14,16,20,22,49H,6-13,15,17-19,21,23-48H2,1-5H3/b16-14-,22-20-/t49-/m1/s1. The summed E-state index contributed by atoms with van der Waals surface area (Å²) in [6, 6.07) is 0. The molecule has 0 aliphatic rings. The topological polar surface area (TPSA) is 111 Å². The number of hydrogen-bond acceptors (Lipinski definition) is 8. The first-order chi connectivity index (χ1) is 29.5. The third kappa shape index (κ3) is 47.8. The molecule has 0 saturated heterocycles. The molecule has 0 aliphatic heterocycles. The van der Waals surface area contributed by atoms with Crippen LogP contribution in [0.5, 0.6) is 0 Å². The molecule has 0 saturated carbocycles. The number of nitrogens with zero attached hydrogens (tertiary/aromatic N) is 1. The molecule has 10 heteroatoms. The number of unbranched alkanes of at least 4 members (excludes halogenated alkanes) is 29. The number of hydrogen-bond donors (Lipinski definition) is 0. The van der Waals surface area contributed by atoms with Gasteiger partial charge in [0.2, 0.25) is 0 Å². The first kappa shape index (κ1) is 59.5. The Labute approximate surface area is 377 Å². The lowest BCUT2D eigenvalue weighted by Crippen LogP contribution is -2.37. The van der Waals surface area contributed by atoms with Crippen molar-refractivity contribution in [2.24, 2.45) is 0 Å². The molecular weight excluding hydrogens is 786 g/mol. The fraction of sp³-hybridized carbons (Fsp3) is 0.882. The molecule has 0 bridgehead atoms. The van der Waals surface area contributed by atoms with Crippen LogP contribution in [0.15, 0.2) is 24.3 Å². The Morgan fingerprint density at radius 1 is 0.508 bits per heavy atom. The Kier molecular flexibility index (Phi) is 42.6. The van der Waals surface area contributed by atoms with Crippen molar-refractivity contribution in [2.45, 2.75) is 245 Å². The zero-order chi connectivity index (χ0) is 45.0. The summed E-state index contributed by atoms with van der Waals surface area (Å²) in [4.78, 5) is 37.7. The average molecular weight is 884 g/mol. The molecule has 0 aromatic carbocycles. The number of quaternary nitrogens is 1. The molecule has 61 heavy (non-hydrogen) atoms. The van der Waals surface area contributed by atoms with E-state index in [0.717, 1.165) is 51.4 Å². The van der Waals surface area contributed by atoms with E-state index < -0.39 is 26.5 Å². The highest BCUT2D eigenvalue weighted by Crippen LogP contribution is 2.38. The number of phosphoric ester groups is 1. The van der Waals surface area contributed by atoms with Crippen LogP contribution >= 0.6 is 7.82 Å². The molecule has 0 amide bonds. The highest BCUT2D eigenvalue weighted by molar-refractivity contribution is 7.45. The maximum absolute atomic E-state index is 12.7. The molecular formula is C51H98NO8P.